The molecule has 1 aliphatic rings. The molecular weight excluding hydrogens is 242 g/mol. The van der Waals surface area contributed by atoms with Crippen molar-refractivity contribution in [1.82, 2.24) is 4.90 Å². The van der Waals surface area contributed by atoms with E-state index in [0.717, 1.165) is 25.2 Å². The lowest BCUT2D eigenvalue weighted by Gasteiger charge is -2.20. The Kier molecular flexibility index (Phi) is 3.90. The third kappa shape index (κ3) is 3.13. The highest BCUT2D eigenvalue weighted by molar-refractivity contribution is 5.52. The van der Waals surface area contributed by atoms with Crippen LogP contribution in [0.5, 0.6) is 17.2 Å². The second-order valence-electron chi connectivity index (χ2n) is 5.97. The Labute approximate surface area is 114 Å². The minimum Gasteiger partial charge on any atom is -0.502 e. The van der Waals surface area contributed by atoms with Crippen molar-refractivity contribution in [2.75, 3.05) is 27.3 Å². The van der Waals surface area contributed by atoms with Gasteiger partial charge in [0, 0.05) is 13.1 Å². The number of phenolic OH excluding ortho intramolecular Hbond substituents is 1. The first-order chi connectivity index (χ1) is 8.95. The molecule has 0 aromatic heterocycles. The average Bonchev–Trinajstić information content (AvgIpc) is 2.70. The van der Waals surface area contributed by atoms with Gasteiger partial charge in [-0.05, 0) is 36.1 Å². The highest BCUT2D eigenvalue weighted by Crippen LogP contribution is 2.38. The zero-order valence-electron chi connectivity index (χ0n) is 12.2. The lowest BCUT2D eigenvalue weighted by atomic mass is 9.93. The molecule has 0 unspecified atom stereocenters. The number of methoxy groups -OCH3 is 2. The maximum absolute atomic E-state index is 9.89. The van der Waals surface area contributed by atoms with Crippen LogP contribution in [-0.4, -0.2) is 37.3 Å². The highest BCUT2D eigenvalue weighted by Gasteiger charge is 2.29. The Balaban J connectivity index is 2.17. The van der Waals surface area contributed by atoms with Crippen LogP contribution in [0.25, 0.3) is 0 Å². The summed E-state index contributed by atoms with van der Waals surface area (Å²) in [7, 11) is 3.11. The van der Waals surface area contributed by atoms with E-state index in [4.69, 9.17) is 9.47 Å². The number of ether oxygens (including phenoxy) is 2. The molecule has 0 saturated carbocycles. The zero-order chi connectivity index (χ0) is 14.0. The zero-order valence-corrected chi connectivity index (χ0v) is 12.2. The largest absolute Gasteiger partial charge is 0.502 e. The van der Waals surface area contributed by atoms with Gasteiger partial charge in [-0.2, -0.15) is 0 Å². The molecule has 4 heteroatoms. The van der Waals surface area contributed by atoms with Crippen molar-refractivity contribution in [2.24, 2.45) is 5.41 Å². The van der Waals surface area contributed by atoms with Gasteiger partial charge in [0.15, 0.2) is 11.5 Å². The second-order valence-corrected chi connectivity index (χ2v) is 5.97. The summed E-state index contributed by atoms with van der Waals surface area (Å²) < 4.78 is 10.4. The Bertz CT molecular complexity index is 432. The Morgan fingerprint density at radius 1 is 1.21 bits per heavy atom. The molecule has 1 aliphatic heterocycles. The summed E-state index contributed by atoms with van der Waals surface area (Å²) in [4.78, 5) is 2.42. The molecule has 1 aromatic carbocycles. The maximum Gasteiger partial charge on any atom is 0.200 e. The molecule has 0 radical (unpaired) electrons. The van der Waals surface area contributed by atoms with Gasteiger partial charge in [0.05, 0.1) is 14.2 Å². The van der Waals surface area contributed by atoms with E-state index in [-0.39, 0.29) is 5.75 Å². The summed E-state index contributed by atoms with van der Waals surface area (Å²) in [6.07, 6.45) is 1.22. The number of nitrogens with zero attached hydrogens (tertiary/aromatic N) is 1. The summed E-state index contributed by atoms with van der Waals surface area (Å²) in [6.45, 7) is 7.66. The molecule has 2 rings (SSSR count). The first-order valence-electron chi connectivity index (χ1n) is 6.61. The molecule has 1 heterocycles. The Hall–Kier alpha value is -1.42. The normalized spacial score (nSPS) is 18.5. The maximum atomic E-state index is 9.89. The molecule has 0 aliphatic carbocycles. The molecule has 1 fully saturated rings. The molecule has 106 valence electrons. The minimum atomic E-state index is 0.0653. The van der Waals surface area contributed by atoms with Crippen LogP contribution >= 0.6 is 0 Å². The Morgan fingerprint density at radius 2 is 1.79 bits per heavy atom. The Morgan fingerprint density at radius 3 is 2.21 bits per heavy atom. The summed E-state index contributed by atoms with van der Waals surface area (Å²) in [6, 6.07) is 3.76. The van der Waals surface area contributed by atoms with E-state index in [1.165, 1.54) is 6.42 Å². The van der Waals surface area contributed by atoms with Gasteiger partial charge in [0.2, 0.25) is 5.75 Å². The molecule has 4 nitrogen and oxygen atoms in total. The molecule has 1 aromatic rings. The quantitative estimate of drug-likeness (QED) is 0.908. The molecule has 1 N–H and O–H groups in total. The van der Waals surface area contributed by atoms with Gasteiger partial charge < -0.3 is 14.6 Å². The molecule has 1 saturated heterocycles. The lowest BCUT2D eigenvalue weighted by molar-refractivity contribution is 0.282. The van der Waals surface area contributed by atoms with Gasteiger partial charge in [-0.25, -0.2) is 0 Å². The lowest BCUT2D eigenvalue weighted by Crippen LogP contribution is -2.22. The summed E-state index contributed by atoms with van der Waals surface area (Å²) in [5.41, 5.74) is 1.50. The summed E-state index contributed by atoms with van der Waals surface area (Å²) in [5.74, 6) is 0.996. The SMILES string of the molecule is COc1cc(CN2CCC(C)(C)C2)cc(OC)c1O. The van der Waals surface area contributed by atoms with E-state index in [0.29, 0.717) is 16.9 Å². The van der Waals surface area contributed by atoms with E-state index in [1.54, 1.807) is 14.2 Å². The van der Waals surface area contributed by atoms with Crippen LogP contribution in [0, 0.1) is 5.41 Å². The van der Waals surface area contributed by atoms with Crippen molar-refractivity contribution in [2.45, 2.75) is 26.8 Å². The molecule has 0 amide bonds. The van der Waals surface area contributed by atoms with Crippen LogP contribution in [0.4, 0.5) is 0 Å². The number of hydrogen-bond donors (Lipinski definition) is 1. The van der Waals surface area contributed by atoms with Crippen LogP contribution in [0.3, 0.4) is 0 Å². The second kappa shape index (κ2) is 5.29. The standard InChI is InChI=1S/C15H23NO3/c1-15(2)5-6-16(10-15)9-11-7-12(18-3)14(17)13(8-11)19-4/h7-8,17H,5-6,9-10H2,1-4H3. The minimum absolute atomic E-state index is 0.0653. The molecular formula is C15H23NO3. The predicted molar refractivity (Wildman–Crippen MR) is 74.9 cm³/mol. The molecule has 0 bridgehead atoms. The first kappa shape index (κ1) is 14.0. The number of rotatable bonds is 4. The van der Waals surface area contributed by atoms with Gasteiger partial charge in [-0.3, -0.25) is 4.90 Å². The van der Waals surface area contributed by atoms with Crippen LogP contribution in [-0.2, 0) is 6.54 Å². The number of likely N-dealkylation sites (tertiary alicyclic amines) is 1. The van der Waals surface area contributed by atoms with E-state index in [2.05, 4.69) is 18.7 Å². The molecule has 0 atom stereocenters. The van der Waals surface area contributed by atoms with Crippen LogP contribution in [0.1, 0.15) is 25.8 Å². The number of phenols is 1. The van der Waals surface area contributed by atoms with E-state index in [1.807, 2.05) is 12.1 Å². The summed E-state index contributed by atoms with van der Waals surface area (Å²) in [5, 5.41) is 9.89. The number of hydrogen-bond acceptors (Lipinski definition) is 4. The van der Waals surface area contributed by atoms with Crippen LogP contribution in [0.15, 0.2) is 12.1 Å². The van der Waals surface area contributed by atoms with Gasteiger partial charge in [0.25, 0.3) is 0 Å². The van der Waals surface area contributed by atoms with Gasteiger partial charge in [-0.15, -0.1) is 0 Å². The van der Waals surface area contributed by atoms with Crippen molar-refractivity contribution in [3.63, 3.8) is 0 Å². The highest BCUT2D eigenvalue weighted by atomic mass is 16.5. The average molecular weight is 265 g/mol. The fraction of sp³-hybridized carbons (Fsp3) is 0.600. The van der Waals surface area contributed by atoms with Crippen molar-refractivity contribution < 1.29 is 14.6 Å². The van der Waals surface area contributed by atoms with E-state index < -0.39 is 0 Å². The van der Waals surface area contributed by atoms with Crippen molar-refractivity contribution in [1.29, 1.82) is 0 Å². The molecule has 19 heavy (non-hydrogen) atoms. The van der Waals surface area contributed by atoms with Gasteiger partial charge >= 0.3 is 0 Å². The van der Waals surface area contributed by atoms with E-state index in [9.17, 15) is 5.11 Å². The fourth-order valence-electron chi connectivity index (χ4n) is 2.66. The smallest absolute Gasteiger partial charge is 0.200 e. The summed E-state index contributed by atoms with van der Waals surface area (Å²) >= 11 is 0. The monoisotopic (exact) mass is 265 g/mol. The third-order valence-corrected chi connectivity index (χ3v) is 3.70. The van der Waals surface area contributed by atoms with Crippen LogP contribution < -0.4 is 9.47 Å². The molecule has 0 spiro atoms. The van der Waals surface area contributed by atoms with Crippen LogP contribution in [0.2, 0.25) is 0 Å². The van der Waals surface area contributed by atoms with Crippen molar-refractivity contribution in [3.8, 4) is 17.2 Å². The first-order valence-corrected chi connectivity index (χ1v) is 6.61. The van der Waals surface area contributed by atoms with Gasteiger partial charge in [0.1, 0.15) is 0 Å². The fourth-order valence-corrected chi connectivity index (χ4v) is 2.66. The topological polar surface area (TPSA) is 41.9 Å². The number of aromatic hydroxyl groups is 1. The van der Waals surface area contributed by atoms with E-state index >= 15 is 0 Å². The van der Waals surface area contributed by atoms with Crippen molar-refractivity contribution >= 4 is 0 Å². The third-order valence-electron chi connectivity index (χ3n) is 3.70. The number of benzene rings is 1. The van der Waals surface area contributed by atoms with Gasteiger partial charge in [-0.1, -0.05) is 13.8 Å². The predicted octanol–water partition coefficient (Wildman–Crippen LogP) is 2.64. The van der Waals surface area contributed by atoms with Crippen molar-refractivity contribution in [3.05, 3.63) is 17.7 Å².